The number of unbranched alkanes of at least 4 members (excludes halogenated alkanes) is 3. The number of benzene rings is 1. The van der Waals surface area contributed by atoms with E-state index in [0.29, 0.717) is 11.5 Å². The molecule has 1 atom stereocenters. The van der Waals surface area contributed by atoms with Crippen molar-refractivity contribution < 1.29 is 4.79 Å². The lowest BCUT2D eigenvalue weighted by atomic mass is 10.0. The van der Waals surface area contributed by atoms with Crippen LogP contribution in [0, 0.1) is 0 Å². The minimum atomic E-state index is -0.970. The Balaban J connectivity index is 2.15. The van der Waals surface area contributed by atoms with Crippen LogP contribution in [0.3, 0.4) is 0 Å². The van der Waals surface area contributed by atoms with Crippen LogP contribution in [0.15, 0.2) is 18.2 Å². The Hall–Kier alpha value is -0.480. The normalized spacial score (nSPS) is 23.2. The molecule has 1 unspecified atom stereocenters. The van der Waals surface area contributed by atoms with Gasteiger partial charge in [0.2, 0.25) is 0 Å². The number of anilines is 1. The number of ketones is 1. The van der Waals surface area contributed by atoms with Crippen molar-refractivity contribution >= 4 is 34.7 Å². The van der Waals surface area contributed by atoms with Gasteiger partial charge in [-0.1, -0.05) is 33.1 Å². The summed E-state index contributed by atoms with van der Waals surface area (Å²) in [5.41, 5.74) is 3.48. The van der Waals surface area contributed by atoms with E-state index in [4.69, 9.17) is 0 Å². The second kappa shape index (κ2) is 8.57. The molecular formula is C19H30BrNOS. The van der Waals surface area contributed by atoms with Gasteiger partial charge in [-0.3, -0.25) is 4.79 Å². The molecule has 0 N–H and O–H groups in total. The molecule has 1 aromatic carbocycles. The number of carbonyl (C=O) groups excluding carboxylic acids is 1. The Morgan fingerprint density at radius 1 is 1.13 bits per heavy atom. The van der Waals surface area contributed by atoms with E-state index >= 15 is 0 Å². The quantitative estimate of drug-likeness (QED) is 0.505. The zero-order valence-corrected chi connectivity index (χ0v) is 17.1. The molecule has 0 saturated carbocycles. The summed E-state index contributed by atoms with van der Waals surface area (Å²) in [7, 11) is -0.970. The largest absolute Gasteiger partial charge is 0.372 e. The van der Waals surface area contributed by atoms with E-state index in [0.717, 1.165) is 30.2 Å². The monoisotopic (exact) mass is 399 g/mol. The van der Waals surface area contributed by atoms with Crippen molar-refractivity contribution in [3.8, 4) is 0 Å². The maximum Gasteiger partial charge on any atom is 0.172 e. The summed E-state index contributed by atoms with van der Waals surface area (Å²) >= 11 is 3.89. The van der Waals surface area contributed by atoms with Crippen LogP contribution >= 0.6 is 23.3 Å². The van der Waals surface area contributed by atoms with E-state index in [1.54, 1.807) is 0 Å². The van der Waals surface area contributed by atoms with Gasteiger partial charge in [-0.25, -0.2) is 0 Å². The van der Waals surface area contributed by atoms with Gasteiger partial charge in [-0.2, -0.15) is 8.46 Å². The number of halogens is 1. The third-order valence-corrected chi connectivity index (χ3v) is 10.1. The maximum absolute atomic E-state index is 12.4. The first-order chi connectivity index (χ1) is 11.0. The lowest BCUT2D eigenvalue weighted by Gasteiger charge is -2.37. The first kappa shape index (κ1) is 18.9. The Labute approximate surface area is 150 Å². The average Bonchev–Trinajstić information content (AvgIpc) is 2.54. The van der Waals surface area contributed by atoms with Gasteiger partial charge in [-0.15, -0.1) is 0 Å². The molecule has 2 nitrogen and oxygen atoms in total. The molecule has 0 aromatic heterocycles. The van der Waals surface area contributed by atoms with Gasteiger partial charge in [0.05, 0.1) is 5.75 Å². The molecule has 1 aliphatic rings. The molecule has 23 heavy (non-hydrogen) atoms. The van der Waals surface area contributed by atoms with Gasteiger partial charge in [0.15, 0.2) is 5.78 Å². The van der Waals surface area contributed by atoms with E-state index in [1.807, 2.05) is 0 Å². The van der Waals surface area contributed by atoms with E-state index in [-0.39, 0.29) is 0 Å². The highest BCUT2D eigenvalue weighted by Crippen LogP contribution is 2.60. The number of fused-ring (bicyclic) bond motifs is 1. The van der Waals surface area contributed by atoms with Crippen LogP contribution in [0.1, 0.15) is 62.4 Å². The van der Waals surface area contributed by atoms with Gasteiger partial charge < -0.3 is 4.90 Å². The smallest absolute Gasteiger partial charge is 0.172 e. The molecule has 1 heterocycles. The number of carbonyl (C=O) groups is 1. The van der Waals surface area contributed by atoms with Crippen LogP contribution in [0.25, 0.3) is 0 Å². The SMILES string of the molecule is CCCCCCN(CC)c1ccc2c(c1)CS(Br)(CC)CC2=O. The van der Waals surface area contributed by atoms with Crippen LogP contribution in [0.5, 0.6) is 0 Å². The Morgan fingerprint density at radius 2 is 1.91 bits per heavy atom. The highest BCUT2D eigenvalue weighted by atomic mass is 79.9. The summed E-state index contributed by atoms with van der Waals surface area (Å²) in [6.07, 6.45) is 5.16. The van der Waals surface area contributed by atoms with Crippen LogP contribution in [-0.2, 0) is 5.75 Å². The van der Waals surface area contributed by atoms with E-state index in [2.05, 4.69) is 58.7 Å². The second-order valence-electron chi connectivity index (χ2n) is 6.42. The fourth-order valence-corrected chi connectivity index (χ4v) is 6.51. The van der Waals surface area contributed by atoms with Crippen LogP contribution in [-0.4, -0.2) is 30.4 Å². The molecule has 0 saturated heterocycles. The van der Waals surface area contributed by atoms with Crippen molar-refractivity contribution in [1.29, 1.82) is 0 Å². The van der Waals surface area contributed by atoms with Gasteiger partial charge >= 0.3 is 0 Å². The summed E-state index contributed by atoms with van der Waals surface area (Å²) in [6.45, 7) is 8.80. The average molecular weight is 400 g/mol. The Bertz CT molecular complexity index is 548. The molecule has 0 spiro atoms. The van der Waals surface area contributed by atoms with Crippen molar-refractivity contribution in [3.63, 3.8) is 0 Å². The summed E-state index contributed by atoms with van der Waals surface area (Å²) in [5, 5.41) is 0. The van der Waals surface area contributed by atoms with Crippen molar-refractivity contribution in [3.05, 3.63) is 29.3 Å². The molecule has 4 heteroatoms. The Morgan fingerprint density at radius 3 is 2.57 bits per heavy atom. The summed E-state index contributed by atoms with van der Waals surface area (Å²) in [4.78, 5) is 14.9. The predicted molar refractivity (Wildman–Crippen MR) is 108 cm³/mol. The van der Waals surface area contributed by atoms with Gasteiger partial charge in [0, 0.05) is 30.1 Å². The molecule has 0 fully saturated rings. The third kappa shape index (κ3) is 4.76. The minimum Gasteiger partial charge on any atom is -0.372 e. The van der Waals surface area contributed by atoms with Crippen LogP contribution in [0.2, 0.25) is 0 Å². The molecule has 0 amide bonds. The molecule has 0 radical (unpaired) electrons. The third-order valence-electron chi connectivity index (χ3n) is 4.74. The van der Waals surface area contributed by atoms with Crippen molar-refractivity contribution in [2.24, 2.45) is 0 Å². The molecule has 0 aliphatic carbocycles. The first-order valence-corrected chi connectivity index (χ1v) is 12.9. The fraction of sp³-hybridized carbons (Fsp3) is 0.632. The number of rotatable bonds is 8. The maximum atomic E-state index is 12.4. The number of Topliss-reactive ketones (excluding diaryl/α,β-unsaturated/α-hetero) is 1. The number of hydrogen-bond acceptors (Lipinski definition) is 2. The van der Waals surface area contributed by atoms with Gasteiger partial charge in [-0.05, 0) is 57.7 Å². The Kier molecular flexibility index (Phi) is 7.02. The molecule has 0 bridgehead atoms. The summed E-state index contributed by atoms with van der Waals surface area (Å²) in [6, 6.07) is 6.47. The summed E-state index contributed by atoms with van der Waals surface area (Å²) in [5.74, 6) is 3.12. The highest BCUT2D eigenvalue weighted by Gasteiger charge is 2.31. The van der Waals surface area contributed by atoms with Crippen LogP contribution < -0.4 is 4.90 Å². The molecular weight excluding hydrogens is 370 g/mol. The van der Waals surface area contributed by atoms with Crippen molar-refractivity contribution in [1.82, 2.24) is 0 Å². The predicted octanol–water partition coefficient (Wildman–Crippen LogP) is 5.92. The van der Waals surface area contributed by atoms with Gasteiger partial charge in [0.25, 0.3) is 0 Å². The zero-order chi connectivity index (χ0) is 16.9. The molecule has 1 aliphatic heterocycles. The molecule has 2 rings (SSSR count). The van der Waals surface area contributed by atoms with E-state index < -0.39 is 8.46 Å². The first-order valence-electron chi connectivity index (χ1n) is 8.90. The second-order valence-corrected chi connectivity index (χ2v) is 13.6. The van der Waals surface area contributed by atoms with Crippen molar-refractivity contribution in [2.45, 2.75) is 52.2 Å². The van der Waals surface area contributed by atoms with E-state index in [1.165, 1.54) is 36.9 Å². The van der Waals surface area contributed by atoms with Crippen LogP contribution in [0.4, 0.5) is 5.69 Å². The van der Waals surface area contributed by atoms with Crippen molar-refractivity contribution in [2.75, 3.05) is 29.5 Å². The van der Waals surface area contributed by atoms with Gasteiger partial charge in [0.1, 0.15) is 0 Å². The standard InChI is InChI=1S/C19H30BrNOS/c1-4-7-8-9-12-21(5-2)17-10-11-18-16(13-17)14-23(20,6-3)15-19(18)22/h10-11,13H,4-9,12,14-15H2,1-3H3. The number of hydrogen-bond donors (Lipinski definition) is 0. The molecule has 1 aromatic rings. The lowest BCUT2D eigenvalue weighted by Crippen LogP contribution is -2.26. The lowest BCUT2D eigenvalue weighted by molar-refractivity contribution is 0.102. The zero-order valence-electron chi connectivity index (χ0n) is 14.7. The summed E-state index contributed by atoms with van der Waals surface area (Å²) < 4.78 is 0. The fourth-order valence-electron chi connectivity index (χ4n) is 3.21. The van der Waals surface area contributed by atoms with E-state index in [9.17, 15) is 4.79 Å². The molecule has 130 valence electrons. The number of nitrogens with zero attached hydrogens (tertiary/aromatic N) is 1. The topological polar surface area (TPSA) is 20.3 Å². The highest BCUT2D eigenvalue weighted by molar-refractivity contribution is 9.58. The minimum absolute atomic E-state index is 0.317.